The summed E-state index contributed by atoms with van der Waals surface area (Å²) in [6, 6.07) is 63.2. The minimum Gasteiger partial charge on any atom is -0.309 e. The Balaban J connectivity index is 1.05. The van der Waals surface area contributed by atoms with Crippen LogP contribution in [0.1, 0.15) is 48.5 Å². The van der Waals surface area contributed by atoms with Crippen molar-refractivity contribution in [1.29, 1.82) is 5.26 Å². The van der Waals surface area contributed by atoms with E-state index in [0.29, 0.717) is 11.1 Å². The van der Waals surface area contributed by atoms with Crippen LogP contribution in [0.25, 0.3) is 122 Å². The lowest BCUT2D eigenvalue weighted by Gasteiger charge is -2.21. The maximum atomic E-state index is 15.7. The normalized spacial score (nSPS) is 13.0. The van der Waals surface area contributed by atoms with E-state index in [1.54, 1.807) is 63.7 Å². The van der Waals surface area contributed by atoms with Gasteiger partial charge in [-0.25, -0.2) is 4.90 Å². The third kappa shape index (κ3) is 10.2. The maximum Gasteiger partial charge on any atom is 0.417 e. The fraction of sp³-hybridized carbons (Fsp3) is 0.0506. The molecule has 1 aliphatic heterocycles. The molecule has 1 aliphatic rings. The van der Waals surface area contributed by atoms with Crippen LogP contribution in [-0.4, -0.2) is 20.9 Å². The molecule has 2 aromatic heterocycles. The molecule has 6 nitrogen and oxygen atoms in total. The molecular formula is C79H42F12N4O2. The Kier molecular flexibility index (Phi) is 14.3. The van der Waals surface area contributed by atoms with E-state index in [1.807, 2.05) is 18.2 Å². The van der Waals surface area contributed by atoms with Crippen molar-refractivity contribution in [3.8, 4) is 84.2 Å². The lowest BCUT2D eigenvalue weighted by atomic mass is 9.93. The molecule has 0 saturated heterocycles. The van der Waals surface area contributed by atoms with Gasteiger partial charge in [0.05, 0.1) is 78.1 Å². The van der Waals surface area contributed by atoms with Crippen molar-refractivity contribution in [2.24, 2.45) is 0 Å². The van der Waals surface area contributed by atoms with Gasteiger partial charge in [0, 0.05) is 32.7 Å². The van der Waals surface area contributed by atoms with Crippen LogP contribution in [0.3, 0.4) is 0 Å². The van der Waals surface area contributed by atoms with Crippen LogP contribution in [-0.2, 0) is 24.7 Å². The van der Waals surface area contributed by atoms with Crippen molar-refractivity contribution in [1.82, 2.24) is 9.13 Å². The first-order valence-electron chi connectivity index (χ1n) is 30.1. The summed E-state index contributed by atoms with van der Waals surface area (Å²) >= 11 is 0. The number of para-hydroxylation sites is 1. The minimum absolute atomic E-state index is 0.0411. The highest BCUT2D eigenvalue weighted by Crippen LogP contribution is 2.50. The third-order valence-corrected chi connectivity index (χ3v) is 17.9. The number of carbonyl (C=O) groups is 2. The molecule has 0 N–H and O–H groups in total. The van der Waals surface area contributed by atoms with Crippen molar-refractivity contribution < 1.29 is 62.3 Å². The number of alkyl halides is 12. The quantitative estimate of drug-likeness (QED) is 0.107. The number of aromatic nitrogens is 2. The highest BCUT2D eigenvalue weighted by atomic mass is 19.4. The maximum absolute atomic E-state index is 15.7. The zero-order valence-electron chi connectivity index (χ0n) is 49.9. The number of benzene rings is 12. The Labute approximate surface area is 543 Å². The molecule has 12 aromatic carbocycles. The average molecular weight is 1310 g/mol. The number of fused-ring (bicyclic) bond motifs is 7. The second-order valence-corrected chi connectivity index (χ2v) is 23.3. The number of anilines is 1. The van der Waals surface area contributed by atoms with Gasteiger partial charge in [0.15, 0.2) is 0 Å². The molecule has 0 aliphatic carbocycles. The third-order valence-electron chi connectivity index (χ3n) is 17.9. The van der Waals surface area contributed by atoms with Gasteiger partial charge in [0.2, 0.25) is 0 Å². The summed E-state index contributed by atoms with van der Waals surface area (Å²) in [4.78, 5) is 32.0. The van der Waals surface area contributed by atoms with Crippen molar-refractivity contribution in [2.45, 2.75) is 24.7 Å². The fourth-order valence-corrected chi connectivity index (χ4v) is 13.7. The van der Waals surface area contributed by atoms with Crippen molar-refractivity contribution >= 4 is 61.1 Å². The first-order valence-corrected chi connectivity index (χ1v) is 30.1. The summed E-state index contributed by atoms with van der Waals surface area (Å²) in [5.74, 6) is -1.47. The van der Waals surface area contributed by atoms with Crippen LogP contribution in [0.5, 0.6) is 0 Å². The second kappa shape index (κ2) is 22.6. The van der Waals surface area contributed by atoms with E-state index >= 15 is 9.59 Å². The first kappa shape index (κ1) is 61.2. The smallest absolute Gasteiger partial charge is 0.309 e. The lowest BCUT2D eigenvalue weighted by Crippen LogP contribution is -2.30. The Morgan fingerprint density at radius 3 is 1.01 bits per heavy atom. The van der Waals surface area contributed by atoms with Gasteiger partial charge >= 0.3 is 24.7 Å². The van der Waals surface area contributed by atoms with Crippen molar-refractivity contribution in [3.05, 3.63) is 294 Å². The monoisotopic (exact) mass is 1310 g/mol. The molecule has 3 heterocycles. The molecule has 0 radical (unpaired) electrons. The Hall–Kier alpha value is -12.0. The molecule has 0 atom stereocenters. The van der Waals surface area contributed by atoms with Crippen LogP contribution in [0.4, 0.5) is 58.4 Å². The van der Waals surface area contributed by atoms with Crippen LogP contribution in [0.15, 0.2) is 255 Å². The summed E-state index contributed by atoms with van der Waals surface area (Å²) in [5.41, 5.74) is -1.80. The number of hydrogen-bond acceptors (Lipinski definition) is 3. The van der Waals surface area contributed by atoms with Gasteiger partial charge in [-0.3, -0.25) is 9.59 Å². The number of nitriles is 1. The Morgan fingerprint density at radius 1 is 0.278 bits per heavy atom. The zero-order chi connectivity index (χ0) is 67.6. The lowest BCUT2D eigenvalue weighted by molar-refractivity contribution is -0.137. The van der Waals surface area contributed by atoms with Gasteiger partial charge < -0.3 is 9.13 Å². The topological polar surface area (TPSA) is 71.0 Å². The predicted molar refractivity (Wildman–Crippen MR) is 350 cm³/mol. The minimum atomic E-state index is -4.83. The highest BCUT2D eigenvalue weighted by molar-refractivity contribution is 6.37. The molecule has 14 aromatic rings. The largest absolute Gasteiger partial charge is 0.417 e. The van der Waals surface area contributed by atoms with E-state index in [2.05, 4.69) is 6.07 Å². The number of rotatable bonds is 9. The van der Waals surface area contributed by atoms with Gasteiger partial charge in [-0.15, -0.1) is 0 Å². The molecule has 2 amide bonds. The first-order chi connectivity index (χ1) is 46.5. The summed E-state index contributed by atoms with van der Waals surface area (Å²) in [7, 11) is 0. The van der Waals surface area contributed by atoms with Crippen LogP contribution in [0, 0.1) is 11.3 Å². The molecule has 18 heteroatoms. The van der Waals surface area contributed by atoms with Crippen LogP contribution in [0.2, 0.25) is 0 Å². The van der Waals surface area contributed by atoms with Gasteiger partial charge in [0.25, 0.3) is 11.8 Å². The fourth-order valence-electron chi connectivity index (χ4n) is 13.7. The number of halogens is 12. The summed E-state index contributed by atoms with van der Waals surface area (Å²) in [6.07, 6.45) is -19.3. The van der Waals surface area contributed by atoms with Gasteiger partial charge in [0.1, 0.15) is 6.07 Å². The number of hydrogen-bond donors (Lipinski definition) is 0. The Bertz CT molecular complexity index is 5440. The predicted octanol–water partition coefficient (Wildman–Crippen LogP) is 22.6. The van der Waals surface area contributed by atoms with E-state index in [9.17, 15) is 57.9 Å². The number of nitrogens with zero attached hydrogens (tertiary/aromatic N) is 4. The second-order valence-electron chi connectivity index (χ2n) is 23.3. The number of amides is 2. The van der Waals surface area contributed by atoms with E-state index in [0.717, 1.165) is 29.2 Å². The molecule has 0 fully saturated rings. The SMILES string of the molecule is N#Cc1cc(-n2c3ccc(-c4ccccc4C(F)(F)F)cc3c3cc(-c4ccccc4C(F)(F)F)ccc32)c(-c2cccc3c2C(=O)N(c2ccccc2-c2ccccc2)C3=O)cc1-n1c2ccc(-c3ccccc3C(F)(F)F)cc2c2cc(-c3ccccc3C(F)(F)F)ccc21. The molecule has 0 spiro atoms. The average Bonchev–Trinajstić information content (AvgIpc) is 1.58. The van der Waals surface area contributed by atoms with E-state index < -0.39 is 58.8 Å². The Morgan fingerprint density at radius 2 is 0.619 bits per heavy atom. The molecule has 0 bridgehead atoms. The molecule has 15 rings (SSSR count). The van der Waals surface area contributed by atoms with Gasteiger partial charge in [-0.05, 0) is 153 Å². The van der Waals surface area contributed by atoms with Gasteiger partial charge in [-0.1, -0.05) is 158 Å². The molecule has 0 saturated carbocycles. The summed E-state index contributed by atoms with van der Waals surface area (Å²) in [6.45, 7) is 0. The van der Waals surface area contributed by atoms with E-state index in [4.69, 9.17) is 0 Å². The van der Waals surface area contributed by atoms with Crippen LogP contribution >= 0.6 is 0 Å². The standard InChI is InChI=1S/C79H42F12N4O2/c80-76(81,82)62-24-9-4-17-50(62)45-29-33-67-57(37-45)58-38-46(51-18-5-10-25-63(51)77(83,84)85)30-34-68(58)93(67)71-42-61(55-22-14-23-56-73(55)75(97)95(74(56)96)66-28-13-8-21-54(66)44-15-2-1-3-16-44)72(41-49(71)43-92)94-69-35-31-47(52-19-6-11-26-64(52)78(86,87)88)39-59(69)60-40-48(32-36-70(60)94)53-20-7-12-27-65(53)79(89,90)91/h1-42H. The molecule has 97 heavy (non-hydrogen) atoms. The molecular weight excluding hydrogens is 1260 g/mol. The van der Waals surface area contributed by atoms with Crippen molar-refractivity contribution in [3.63, 3.8) is 0 Å². The highest BCUT2D eigenvalue weighted by Gasteiger charge is 2.42. The zero-order valence-corrected chi connectivity index (χ0v) is 49.9. The van der Waals surface area contributed by atoms with Crippen LogP contribution < -0.4 is 4.90 Å². The number of carbonyl (C=O) groups excluding carboxylic acids is 2. The summed E-state index contributed by atoms with van der Waals surface area (Å²) < 4.78 is 182. The summed E-state index contributed by atoms with van der Waals surface area (Å²) in [5, 5.41) is 12.7. The molecule has 474 valence electrons. The van der Waals surface area contributed by atoms with E-state index in [1.165, 1.54) is 158 Å². The van der Waals surface area contributed by atoms with Crippen molar-refractivity contribution in [2.75, 3.05) is 4.90 Å². The molecule has 0 unspecified atom stereocenters. The van der Waals surface area contributed by atoms with E-state index in [-0.39, 0.29) is 133 Å². The number of imide groups is 1. The van der Waals surface area contributed by atoms with Gasteiger partial charge in [-0.2, -0.15) is 57.9 Å².